The minimum Gasteiger partial charge on any atom is -0.495 e. The quantitative estimate of drug-likeness (QED) is 0.578. The number of methoxy groups -OCH3 is 1. The zero-order valence-corrected chi connectivity index (χ0v) is 19.4. The monoisotopic (exact) mass is 461 g/mol. The van der Waals surface area contributed by atoms with Crippen molar-refractivity contribution in [2.45, 2.75) is 56.3 Å². The van der Waals surface area contributed by atoms with Gasteiger partial charge in [0.15, 0.2) is 12.4 Å². The lowest BCUT2D eigenvalue weighted by molar-refractivity contribution is -0.147. The van der Waals surface area contributed by atoms with Crippen molar-refractivity contribution in [2.75, 3.05) is 26.8 Å². The molecule has 8 heteroatoms. The molecule has 1 aromatic rings. The third-order valence-electron chi connectivity index (χ3n) is 8.05. The highest BCUT2D eigenvalue weighted by Gasteiger charge is 2.54. The Bertz CT molecular complexity index is 992. The lowest BCUT2D eigenvalue weighted by Crippen LogP contribution is -2.51. The molecular weight excluding hydrogens is 430 g/mol. The summed E-state index contributed by atoms with van der Waals surface area (Å²) in [6.45, 7) is 0.671. The molecule has 0 unspecified atom stereocenters. The standard InChI is InChI=1S/C24H31NO6S/c1-30-20-5-4-19(11-21(20)32(28,29)25-6-2-3-7-25)23(27)31-15-22(26)24-12-16-8-17(13-24)10-18(9-16)14-24/h4-5,11,16-18H,2-3,6-10,12-15H2,1H3. The van der Waals surface area contributed by atoms with Crippen molar-refractivity contribution in [3.8, 4) is 5.75 Å². The average molecular weight is 462 g/mol. The zero-order chi connectivity index (χ0) is 22.5. The number of carbonyl (C=O) groups excluding carboxylic acids is 2. The van der Waals surface area contributed by atoms with E-state index in [2.05, 4.69) is 0 Å². The molecule has 1 aliphatic heterocycles. The smallest absolute Gasteiger partial charge is 0.338 e. The van der Waals surface area contributed by atoms with Crippen LogP contribution in [0.5, 0.6) is 5.75 Å². The van der Waals surface area contributed by atoms with Crippen molar-refractivity contribution in [3.63, 3.8) is 0 Å². The first-order valence-electron chi connectivity index (χ1n) is 11.7. The molecule has 0 N–H and O–H groups in total. The number of hydrogen-bond donors (Lipinski definition) is 0. The predicted octanol–water partition coefficient (Wildman–Crippen LogP) is 3.42. The van der Waals surface area contributed by atoms with Gasteiger partial charge in [0, 0.05) is 18.5 Å². The molecule has 1 heterocycles. The molecule has 174 valence electrons. The fourth-order valence-corrected chi connectivity index (χ4v) is 8.59. The molecule has 4 aliphatic carbocycles. The van der Waals surface area contributed by atoms with Gasteiger partial charge in [0.25, 0.3) is 0 Å². The minimum absolute atomic E-state index is 0.0309. The fraction of sp³-hybridized carbons (Fsp3) is 0.667. The third kappa shape index (κ3) is 3.75. The third-order valence-corrected chi connectivity index (χ3v) is 9.97. The largest absolute Gasteiger partial charge is 0.495 e. The molecule has 1 aromatic carbocycles. The van der Waals surface area contributed by atoms with Gasteiger partial charge < -0.3 is 9.47 Å². The molecule has 7 nitrogen and oxygen atoms in total. The number of ether oxygens (including phenoxy) is 2. The van der Waals surface area contributed by atoms with E-state index in [-0.39, 0.29) is 34.0 Å². The topological polar surface area (TPSA) is 90.0 Å². The van der Waals surface area contributed by atoms with E-state index in [0.717, 1.165) is 32.1 Å². The van der Waals surface area contributed by atoms with Gasteiger partial charge in [-0.15, -0.1) is 0 Å². The van der Waals surface area contributed by atoms with E-state index in [4.69, 9.17) is 9.47 Å². The fourth-order valence-electron chi connectivity index (χ4n) is 6.89. The van der Waals surface area contributed by atoms with Crippen LogP contribution in [0.15, 0.2) is 23.1 Å². The molecule has 0 amide bonds. The van der Waals surface area contributed by atoms with Gasteiger partial charge >= 0.3 is 5.97 Å². The van der Waals surface area contributed by atoms with E-state index in [1.165, 1.54) is 48.9 Å². The maximum absolute atomic E-state index is 13.1. The highest BCUT2D eigenvalue weighted by molar-refractivity contribution is 7.89. The number of sulfonamides is 1. The molecule has 1 saturated heterocycles. The highest BCUT2D eigenvalue weighted by Crippen LogP contribution is 2.60. The number of hydrogen-bond acceptors (Lipinski definition) is 6. The van der Waals surface area contributed by atoms with Crippen molar-refractivity contribution < 1.29 is 27.5 Å². The van der Waals surface area contributed by atoms with Crippen LogP contribution < -0.4 is 4.74 Å². The maximum atomic E-state index is 13.1. The first-order chi connectivity index (χ1) is 15.3. The Labute approximate surface area is 189 Å². The van der Waals surface area contributed by atoms with Crippen LogP contribution in [-0.4, -0.2) is 51.3 Å². The molecule has 4 bridgehead atoms. The summed E-state index contributed by atoms with van der Waals surface area (Å²) in [5.74, 6) is 1.47. The number of rotatable bonds is 7. The number of Topliss-reactive ketones (excluding diaryl/α,β-unsaturated/α-hetero) is 1. The van der Waals surface area contributed by atoms with Crippen molar-refractivity contribution in [1.29, 1.82) is 0 Å². The molecule has 6 rings (SSSR count). The predicted molar refractivity (Wildman–Crippen MR) is 117 cm³/mol. The van der Waals surface area contributed by atoms with Gasteiger partial charge in [-0.2, -0.15) is 4.31 Å². The summed E-state index contributed by atoms with van der Waals surface area (Å²) in [5.41, 5.74) is -0.207. The molecule has 5 fully saturated rings. The van der Waals surface area contributed by atoms with E-state index in [0.29, 0.717) is 30.8 Å². The van der Waals surface area contributed by atoms with Crippen LogP contribution in [0, 0.1) is 23.2 Å². The minimum atomic E-state index is -3.77. The zero-order valence-electron chi connectivity index (χ0n) is 18.5. The second-order valence-electron chi connectivity index (χ2n) is 10.2. The van der Waals surface area contributed by atoms with Crippen molar-refractivity contribution in [3.05, 3.63) is 23.8 Å². The van der Waals surface area contributed by atoms with Crippen molar-refractivity contribution in [1.82, 2.24) is 4.31 Å². The van der Waals surface area contributed by atoms with E-state index < -0.39 is 16.0 Å². The highest BCUT2D eigenvalue weighted by atomic mass is 32.2. The summed E-state index contributed by atoms with van der Waals surface area (Å²) < 4.78 is 38.2. The van der Waals surface area contributed by atoms with Gasteiger partial charge in [-0.25, -0.2) is 13.2 Å². The second-order valence-corrected chi connectivity index (χ2v) is 12.1. The first-order valence-corrected chi connectivity index (χ1v) is 13.1. The second kappa shape index (κ2) is 8.13. The Balaban J connectivity index is 1.30. The summed E-state index contributed by atoms with van der Waals surface area (Å²) in [7, 11) is -2.36. The van der Waals surface area contributed by atoms with Gasteiger partial charge in [-0.3, -0.25) is 4.79 Å². The number of carbonyl (C=O) groups is 2. The number of benzene rings is 1. The van der Waals surface area contributed by atoms with Crippen molar-refractivity contribution >= 4 is 21.8 Å². The Morgan fingerprint density at radius 2 is 1.62 bits per heavy atom. The van der Waals surface area contributed by atoms with Crippen molar-refractivity contribution in [2.24, 2.45) is 23.2 Å². The molecule has 0 aromatic heterocycles. The summed E-state index contributed by atoms with van der Waals surface area (Å²) in [6, 6.07) is 4.27. The summed E-state index contributed by atoms with van der Waals surface area (Å²) >= 11 is 0. The van der Waals surface area contributed by atoms with E-state index >= 15 is 0 Å². The van der Waals surface area contributed by atoms with Crippen LogP contribution in [0.2, 0.25) is 0 Å². The van der Waals surface area contributed by atoms with Crippen LogP contribution in [0.1, 0.15) is 61.7 Å². The molecule has 32 heavy (non-hydrogen) atoms. The average Bonchev–Trinajstić information content (AvgIpc) is 3.32. The normalized spacial score (nSPS) is 31.6. The summed E-state index contributed by atoms with van der Waals surface area (Å²) in [4.78, 5) is 25.8. The number of nitrogens with zero attached hydrogens (tertiary/aromatic N) is 1. The Hall–Kier alpha value is -1.93. The summed E-state index contributed by atoms with van der Waals surface area (Å²) in [6.07, 6.45) is 8.14. The molecule has 5 aliphatic rings. The van der Waals surface area contributed by atoms with Gasteiger partial charge in [0.2, 0.25) is 10.0 Å². The Kier molecular flexibility index (Phi) is 5.56. The SMILES string of the molecule is COc1ccc(C(=O)OCC(=O)C23CC4CC(CC(C4)C2)C3)cc1S(=O)(=O)N1CCCC1. The van der Waals surface area contributed by atoms with Crippen LogP contribution in [0.25, 0.3) is 0 Å². The Morgan fingerprint density at radius 3 is 2.19 bits per heavy atom. The molecule has 0 spiro atoms. The van der Waals surface area contributed by atoms with Gasteiger partial charge in [-0.05, 0) is 87.3 Å². The van der Waals surface area contributed by atoms with Gasteiger partial charge in [0.05, 0.1) is 12.7 Å². The first kappa shape index (κ1) is 21.9. The maximum Gasteiger partial charge on any atom is 0.338 e. The van der Waals surface area contributed by atoms with Crippen LogP contribution in [0.4, 0.5) is 0 Å². The van der Waals surface area contributed by atoms with E-state index in [1.54, 1.807) is 0 Å². The van der Waals surface area contributed by atoms with Crippen LogP contribution in [-0.2, 0) is 19.6 Å². The van der Waals surface area contributed by atoms with Crippen LogP contribution in [0.3, 0.4) is 0 Å². The van der Waals surface area contributed by atoms with Gasteiger partial charge in [-0.1, -0.05) is 0 Å². The molecule has 4 saturated carbocycles. The molecule has 0 atom stereocenters. The molecular formula is C24H31NO6S. The molecule has 0 radical (unpaired) electrons. The lowest BCUT2D eigenvalue weighted by Gasteiger charge is -2.55. The van der Waals surface area contributed by atoms with E-state index in [1.807, 2.05) is 0 Å². The van der Waals surface area contributed by atoms with E-state index in [9.17, 15) is 18.0 Å². The number of ketones is 1. The number of esters is 1. The summed E-state index contributed by atoms with van der Waals surface area (Å²) in [5, 5.41) is 0. The lowest BCUT2D eigenvalue weighted by atomic mass is 9.48. The van der Waals surface area contributed by atoms with Crippen LogP contribution >= 0.6 is 0 Å². The van der Waals surface area contributed by atoms with Gasteiger partial charge in [0.1, 0.15) is 10.6 Å². The Morgan fingerprint density at radius 1 is 1.03 bits per heavy atom.